The van der Waals surface area contributed by atoms with Gasteiger partial charge in [0.25, 0.3) is 0 Å². The zero-order valence-corrected chi connectivity index (χ0v) is 12.4. The van der Waals surface area contributed by atoms with Crippen LogP contribution in [-0.2, 0) is 6.54 Å². The molecule has 1 N–H and O–H groups in total. The topological polar surface area (TPSA) is 45.2 Å². The summed E-state index contributed by atoms with van der Waals surface area (Å²) in [5.74, 6) is -0.354. The van der Waals surface area contributed by atoms with Crippen LogP contribution >= 0.6 is 0 Å². The Morgan fingerprint density at radius 3 is 2.73 bits per heavy atom. The molecule has 3 rings (SSSR count). The third-order valence-electron chi connectivity index (χ3n) is 3.79. The van der Waals surface area contributed by atoms with E-state index in [2.05, 4.69) is 10.3 Å². The minimum atomic E-state index is -0.354. The molecular weight excluding hydrogens is 281 g/mol. The van der Waals surface area contributed by atoms with Gasteiger partial charge >= 0.3 is 6.03 Å². The van der Waals surface area contributed by atoms with Crippen molar-refractivity contribution in [2.45, 2.75) is 32.4 Å². The molecular formula is C17H18FN3O. The van der Waals surface area contributed by atoms with Gasteiger partial charge in [-0.25, -0.2) is 9.18 Å². The molecule has 2 aromatic rings. The predicted octanol–water partition coefficient (Wildman–Crippen LogP) is 3.73. The fourth-order valence-corrected chi connectivity index (χ4v) is 2.35. The van der Waals surface area contributed by atoms with Crippen LogP contribution in [0.15, 0.2) is 42.7 Å². The lowest BCUT2D eigenvalue weighted by atomic mass is 10.2. The molecule has 22 heavy (non-hydrogen) atoms. The van der Waals surface area contributed by atoms with Crippen LogP contribution in [-0.4, -0.2) is 22.0 Å². The minimum absolute atomic E-state index is 0.187. The minimum Gasteiger partial charge on any atom is -0.317 e. The molecule has 1 aromatic carbocycles. The van der Waals surface area contributed by atoms with Gasteiger partial charge in [-0.15, -0.1) is 0 Å². The average Bonchev–Trinajstić information content (AvgIpc) is 3.34. The number of pyridine rings is 1. The van der Waals surface area contributed by atoms with Gasteiger partial charge in [-0.05, 0) is 55.2 Å². The van der Waals surface area contributed by atoms with Crippen molar-refractivity contribution >= 4 is 11.7 Å². The number of nitrogens with one attached hydrogen (secondary N) is 1. The second-order valence-corrected chi connectivity index (χ2v) is 5.60. The quantitative estimate of drug-likeness (QED) is 0.935. The highest BCUT2D eigenvalue weighted by atomic mass is 19.1. The van der Waals surface area contributed by atoms with Crippen molar-refractivity contribution in [2.24, 2.45) is 0 Å². The zero-order valence-electron chi connectivity index (χ0n) is 12.4. The van der Waals surface area contributed by atoms with Crippen molar-refractivity contribution in [1.82, 2.24) is 9.88 Å². The van der Waals surface area contributed by atoms with E-state index in [1.54, 1.807) is 23.4 Å². The van der Waals surface area contributed by atoms with E-state index in [0.29, 0.717) is 12.2 Å². The summed E-state index contributed by atoms with van der Waals surface area (Å²) in [6.45, 7) is 2.38. The maximum absolute atomic E-state index is 13.3. The van der Waals surface area contributed by atoms with Crippen molar-refractivity contribution in [3.63, 3.8) is 0 Å². The molecule has 1 heterocycles. The van der Waals surface area contributed by atoms with Gasteiger partial charge in [0.2, 0.25) is 0 Å². The molecule has 0 bridgehead atoms. The molecule has 1 aliphatic carbocycles. The Morgan fingerprint density at radius 2 is 2.05 bits per heavy atom. The molecule has 2 amide bonds. The lowest BCUT2D eigenvalue weighted by Crippen LogP contribution is -2.36. The summed E-state index contributed by atoms with van der Waals surface area (Å²) in [4.78, 5) is 18.3. The van der Waals surface area contributed by atoms with E-state index in [4.69, 9.17) is 0 Å². The average molecular weight is 299 g/mol. The monoisotopic (exact) mass is 299 g/mol. The summed E-state index contributed by atoms with van der Waals surface area (Å²) in [5.41, 5.74) is 2.40. The van der Waals surface area contributed by atoms with Crippen LogP contribution < -0.4 is 5.32 Å². The summed E-state index contributed by atoms with van der Waals surface area (Å²) < 4.78 is 13.3. The van der Waals surface area contributed by atoms with Gasteiger partial charge in [0.15, 0.2) is 0 Å². The van der Waals surface area contributed by atoms with Gasteiger partial charge < -0.3 is 10.2 Å². The first-order valence-electron chi connectivity index (χ1n) is 7.36. The molecule has 0 radical (unpaired) electrons. The maximum atomic E-state index is 13.3. The highest BCUT2D eigenvalue weighted by Gasteiger charge is 2.32. The molecule has 0 atom stereocenters. The van der Waals surface area contributed by atoms with E-state index in [-0.39, 0.29) is 17.9 Å². The Kier molecular flexibility index (Phi) is 4.04. The van der Waals surface area contributed by atoms with Gasteiger partial charge in [0, 0.05) is 30.7 Å². The van der Waals surface area contributed by atoms with Crippen LogP contribution in [0.1, 0.15) is 24.0 Å². The van der Waals surface area contributed by atoms with Crippen LogP contribution in [0.3, 0.4) is 0 Å². The SMILES string of the molecule is Cc1ccc(F)cc1NC(=O)N(Cc1ccncc1)C1CC1. The second-order valence-electron chi connectivity index (χ2n) is 5.60. The van der Waals surface area contributed by atoms with Crippen LogP contribution in [0.25, 0.3) is 0 Å². The molecule has 1 aromatic heterocycles. The van der Waals surface area contributed by atoms with Gasteiger partial charge in [-0.3, -0.25) is 4.98 Å². The van der Waals surface area contributed by atoms with E-state index in [0.717, 1.165) is 24.0 Å². The fourth-order valence-electron chi connectivity index (χ4n) is 2.35. The van der Waals surface area contributed by atoms with Crippen LogP contribution in [0.4, 0.5) is 14.9 Å². The Balaban J connectivity index is 1.74. The second kappa shape index (κ2) is 6.13. The summed E-state index contributed by atoms with van der Waals surface area (Å²) in [6, 6.07) is 8.28. The Labute approximate surface area is 129 Å². The lowest BCUT2D eigenvalue weighted by Gasteiger charge is -2.23. The van der Waals surface area contributed by atoms with Gasteiger partial charge in [0.1, 0.15) is 5.82 Å². The number of rotatable bonds is 4. The Morgan fingerprint density at radius 1 is 1.32 bits per heavy atom. The number of hydrogen-bond acceptors (Lipinski definition) is 2. The molecule has 0 aliphatic heterocycles. The number of anilines is 1. The molecule has 0 unspecified atom stereocenters. The third-order valence-corrected chi connectivity index (χ3v) is 3.79. The van der Waals surface area contributed by atoms with Crippen LogP contribution in [0.2, 0.25) is 0 Å². The van der Waals surface area contributed by atoms with Crippen molar-refractivity contribution in [1.29, 1.82) is 0 Å². The van der Waals surface area contributed by atoms with Crippen LogP contribution in [0, 0.1) is 12.7 Å². The largest absolute Gasteiger partial charge is 0.322 e. The summed E-state index contributed by atoms with van der Waals surface area (Å²) >= 11 is 0. The molecule has 1 saturated carbocycles. The standard InChI is InChI=1S/C17H18FN3O/c1-12-2-3-14(18)10-16(12)20-17(22)21(15-4-5-15)11-13-6-8-19-9-7-13/h2-3,6-10,15H,4-5,11H2,1H3,(H,20,22). The Hall–Kier alpha value is -2.43. The summed E-state index contributed by atoms with van der Waals surface area (Å²) in [7, 11) is 0. The maximum Gasteiger partial charge on any atom is 0.322 e. The molecule has 5 heteroatoms. The van der Waals surface area contributed by atoms with Crippen molar-refractivity contribution in [3.05, 3.63) is 59.7 Å². The summed E-state index contributed by atoms with van der Waals surface area (Å²) in [5, 5.41) is 2.82. The third kappa shape index (κ3) is 3.42. The number of carbonyl (C=O) groups is 1. The van der Waals surface area contributed by atoms with Crippen molar-refractivity contribution < 1.29 is 9.18 Å². The van der Waals surface area contributed by atoms with Crippen molar-refractivity contribution in [2.75, 3.05) is 5.32 Å². The highest BCUT2D eigenvalue weighted by molar-refractivity contribution is 5.90. The number of benzene rings is 1. The number of hydrogen-bond donors (Lipinski definition) is 1. The zero-order chi connectivity index (χ0) is 15.5. The first-order chi connectivity index (χ1) is 10.6. The molecule has 0 spiro atoms. The molecule has 0 saturated heterocycles. The molecule has 4 nitrogen and oxygen atoms in total. The van der Waals surface area contributed by atoms with E-state index in [1.807, 2.05) is 19.1 Å². The van der Waals surface area contributed by atoms with E-state index < -0.39 is 0 Å². The number of carbonyl (C=O) groups excluding carboxylic acids is 1. The van der Waals surface area contributed by atoms with E-state index >= 15 is 0 Å². The molecule has 1 aliphatic rings. The summed E-state index contributed by atoms with van der Waals surface area (Å²) in [6.07, 6.45) is 5.46. The highest BCUT2D eigenvalue weighted by Crippen LogP contribution is 2.29. The Bertz CT molecular complexity index is 671. The number of aryl methyl sites for hydroxylation is 1. The van der Waals surface area contributed by atoms with E-state index in [1.165, 1.54) is 12.1 Å². The van der Waals surface area contributed by atoms with Crippen LogP contribution in [0.5, 0.6) is 0 Å². The number of urea groups is 1. The first-order valence-corrected chi connectivity index (χ1v) is 7.36. The lowest BCUT2D eigenvalue weighted by molar-refractivity contribution is 0.206. The van der Waals surface area contributed by atoms with E-state index in [9.17, 15) is 9.18 Å². The number of aromatic nitrogens is 1. The van der Waals surface area contributed by atoms with Gasteiger partial charge in [-0.1, -0.05) is 6.07 Å². The van der Waals surface area contributed by atoms with Crippen molar-refractivity contribution in [3.8, 4) is 0 Å². The molecule has 114 valence electrons. The predicted molar refractivity (Wildman–Crippen MR) is 83.0 cm³/mol. The smallest absolute Gasteiger partial charge is 0.317 e. The normalized spacial score (nSPS) is 13.7. The van der Waals surface area contributed by atoms with Gasteiger partial charge in [-0.2, -0.15) is 0 Å². The fraction of sp³-hybridized carbons (Fsp3) is 0.294. The number of nitrogens with zero attached hydrogens (tertiary/aromatic N) is 2. The number of halogens is 1. The molecule has 1 fully saturated rings. The first kappa shape index (κ1) is 14.5. The number of amides is 2. The van der Waals surface area contributed by atoms with Gasteiger partial charge in [0.05, 0.1) is 0 Å².